The second kappa shape index (κ2) is 11.3. The van der Waals surface area contributed by atoms with E-state index < -0.39 is 0 Å². The quantitative estimate of drug-likeness (QED) is 0.550. The molecular formula is C25H30ClN3O4. The summed E-state index contributed by atoms with van der Waals surface area (Å²) in [5.41, 5.74) is 2.44. The fraction of sp³-hybridized carbons (Fsp3) is 0.400. The lowest BCUT2D eigenvalue weighted by molar-refractivity contribution is -0.143. The van der Waals surface area contributed by atoms with E-state index >= 15 is 0 Å². The summed E-state index contributed by atoms with van der Waals surface area (Å²) in [4.78, 5) is 27.7. The van der Waals surface area contributed by atoms with Crippen molar-refractivity contribution in [3.63, 3.8) is 0 Å². The van der Waals surface area contributed by atoms with Crippen LogP contribution in [-0.2, 0) is 14.3 Å². The molecule has 2 aromatic carbocycles. The predicted molar refractivity (Wildman–Crippen MR) is 128 cm³/mol. The van der Waals surface area contributed by atoms with Crippen LogP contribution >= 0.6 is 11.6 Å². The Labute approximate surface area is 199 Å². The first-order chi connectivity index (χ1) is 15.8. The van der Waals surface area contributed by atoms with E-state index in [1.165, 1.54) is 9.91 Å². The summed E-state index contributed by atoms with van der Waals surface area (Å²) in [5, 5.41) is 6.72. The van der Waals surface area contributed by atoms with Crippen molar-refractivity contribution in [1.82, 2.24) is 9.91 Å². The van der Waals surface area contributed by atoms with Gasteiger partial charge >= 0.3 is 0 Å². The van der Waals surface area contributed by atoms with Crippen LogP contribution in [0.3, 0.4) is 0 Å². The van der Waals surface area contributed by atoms with Crippen LogP contribution in [-0.4, -0.2) is 61.4 Å². The molecule has 0 bridgehead atoms. The summed E-state index contributed by atoms with van der Waals surface area (Å²) in [5.74, 6) is 0.0970. The van der Waals surface area contributed by atoms with Gasteiger partial charge < -0.3 is 14.4 Å². The summed E-state index contributed by atoms with van der Waals surface area (Å²) in [6.07, 6.45) is 0.499. The molecule has 0 aliphatic carbocycles. The maximum Gasteiger partial charge on any atom is 0.262 e. The Morgan fingerprint density at radius 3 is 2.61 bits per heavy atom. The second-order valence-corrected chi connectivity index (χ2v) is 8.57. The van der Waals surface area contributed by atoms with E-state index in [4.69, 9.17) is 21.1 Å². The maximum absolute atomic E-state index is 13.5. The monoisotopic (exact) mass is 471 g/mol. The Balaban J connectivity index is 1.94. The zero-order valence-electron chi connectivity index (χ0n) is 19.5. The number of hydrogen-bond donors (Lipinski definition) is 0. The van der Waals surface area contributed by atoms with Gasteiger partial charge in [-0.05, 0) is 23.8 Å². The molecule has 1 aliphatic rings. The zero-order valence-corrected chi connectivity index (χ0v) is 20.2. The molecular weight excluding hydrogens is 442 g/mol. The SMILES string of the molecule is COCCN(CC(=O)N1N=C(c2cccc(OC)c2)CC1c1ccccc1Cl)C(=O)C(C)C. The standard InChI is InChI=1S/C25H30ClN3O4/c1-17(2)25(31)28(12-13-32-3)16-24(30)29-23(20-10-5-6-11-21(20)26)15-22(27-29)18-8-7-9-19(14-18)33-4/h5-11,14,17,23H,12-13,15-16H2,1-4H3. The van der Waals surface area contributed by atoms with Gasteiger partial charge in [0, 0.05) is 36.6 Å². The summed E-state index contributed by atoms with van der Waals surface area (Å²) < 4.78 is 10.5. The summed E-state index contributed by atoms with van der Waals surface area (Å²) in [6, 6.07) is 14.7. The molecule has 176 valence electrons. The van der Waals surface area contributed by atoms with Crippen LogP contribution in [0.4, 0.5) is 0 Å². The highest BCUT2D eigenvalue weighted by Gasteiger charge is 2.35. The Morgan fingerprint density at radius 2 is 1.94 bits per heavy atom. The average molecular weight is 472 g/mol. The van der Waals surface area contributed by atoms with E-state index in [0.29, 0.717) is 30.3 Å². The molecule has 2 aromatic rings. The number of carbonyl (C=O) groups excluding carboxylic acids is 2. The number of nitrogens with zero attached hydrogens (tertiary/aromatic N) is 3. The number of hydrazone groups is 1. The molecule has 0 fully saturated rings. The van der Waals surface area contributed by atoms with Crippen molar-refractivity contribution in [2.24, 2.45) is 11.0 Å². The van der Waals surface area contributed by atoms with Gasteiger partial charge in [-0.25, -0.2) is 5.01 Å². The van der Waals surface area contributed by atoms with E-state index in [1.807, 2.05) is 56.3 Å². The molecule has 0 spiro atoms. The molecule has 0 aromatic heterocycles. The fourth-order valence-electron chi connectivity index (χ4n) is 3.77. The third kappa shape index (κ3) is 5.92. The molecule has 3 rings (SSSR count). The first-order valence-electron chi connectivity index (χ1n) is 10.9. The molecule has 33 heavy (non-hydrogen) atoms. The van der Waals surface area contributed by atoms with E-state index in [0.717, 1.165) is 16.8 Å². The zero-order chi connectivity index (χ0) is 24.0. The van der Waals surface area contributed by atoms with Crippen LogP contribution in [0.2, 0.25) is 5.02 Å². The summed E-state index contributed by atoms with van der Waals surface area (Å²) in [7, 11) is 3.18. The van der Waals surface area contributed by atoms with Gasteiger partial charge in [0.1, 0.15) is 12.3 Å². The van der Waals surface area contributed by atoms with Crippen LogP contribution in [0.15, 0.2) is 53.6 Å². The van der Waals surface area contributed by atoms with Crippen molar-refractivity contribution in [1.29, 1.82) is 0 Å². The first kappa shape index (κ1) is 24.7. The molecule has 1 heterocycles. The van der Waals surface area contributed by atoms with E-state index in [-0.39, 0.29) is 30.3 Å². The van der Waals surface area contributed by atoms with Gasteiger partial charge in [-0.2, -0.15) is 5.10 Å². The first-order valence-corrected chi connectivity index (χ1v) is 11.3. The summed E-state index contributed by atoms with van der Waals surface area (Å²) >= 11 is 6.49. The Bertz CT molecular complexity index is 1020. The minimum Gasteiger partial charge on any atom is -0.497 e. The second-order valence-electron chi connectivity index (χ2n) is 8.17. The van der Waals surface area contributed by atoms with Gasteiger partial charge in [-0.15, -0.1) is 0 Å². The molecule has 0 saturated carbocycles. The Hall–Kier alpha value is -2.90. The van der Waals surface area contributed by atoms with Crippen molar-refractivity contribution in [2.45, 2.75) is 26.3 Å². The number of halogens is 1. The molecule has 1 atom stereocenters. The van der Waals surface area contributed by atoms with Gasteiger partial charge in [0.2, 0.25) is 5.91 Å². The molecule has 8 heteroatoms. The van der Waals surface area contributed by atoms with Crippen molar-refractivity contribution < 1.29 is 19.1 Å². The lowest BCUT2D eigenvalue weighted by Crippen LogP contribution is -2.44. The third-order valence-electron chi connectivity index (χ3n) is 5.53. The highest BCUT2D eigenvalue weighted by Crippen LogP contribution is 2.36. The van der Waals surface area contributed by atoms with E-state index in [2.05, 4.69) is 5.10 Å². The minimum absolute atomic E-state index is 0.0871. The molecule has 0 saturated heterocycles. The number of rotatable bonds is 9. The van der Waals surface area contributed by atoms with Gasteiger partial charge in [0.05, 0.1) is 25.5 Å². The number of methoxy groups -OCH3 is 2. The number of ether oxygens (including phenoxy) is 2. The van der Waals surface area contributed by atoms with Crippen LogP contribution in [0.25, 0.3) is 0 Å². The largest absolute Gasteiger partial charge is 0.497 e. The smallest absolute Gasteiger partial charge is 0.262 e. The van der Waals surface area contributed by atoms with E-state index in [1.54, 1.807) is 20.3 Å². The van der Waals surface area contributed by atoms with Crippen LogP contribution in [0.1, 0.15) is 37.4 Å². The van der Waals surface area contributed by atoms with Crippen LogP contribution in [0, 0.1) is 5.92 Å². The van der Waals surface area contributed by atoms with Crippen molar-refractivity contribution in [3.05, 3.63) is 64.7 Å². The average Bonchev–Trinajstić information content (AvgIpc) is 3.27. The minimum atomic E-state index is -0.370. The number of hydrogen-bond acceptors (Lipinski definition) is 5. The highest BCUT2D eigenvalue weighted by molar-refractivity contribution is 6.31. The van der Waals surface area contributed by atoms with Gasteiger partial charge in [0.15, 0.2) is 0 Å². The number of carbonyl (C=O) groups is 2. The Kier molecular flexibility index (Phi) is 8.47. The van der Waals surface area contributed by atoms with Gasteiger partial charge in [0.25, 0.3) is 5.91 Å². The fourth-order valence-corrected chi connectivity index (χ4v) is 4.04. The maximum atomic E-state index is 13.5. The van der Waals surface area contributed by atoms with Gasteiger partial charge in [-0.1, -0.05) is 55.8 Å². The van der Waals surface area contributed by atoms with Crippen LogP contribution in [0.5, 0.6) is 5.75 Å². The molecule has 0 N–H and O–H groups in total. The highest BCUT2D eigenvalue weighted by atomic mass is 35.5. The molecule has 7 nitrogen and oxygen atoms in total. The number of benzene rings is 2. The van der Waals surface area contributed by atoms with Gasteiger partial charge in [-0.3, -0.25) is 9.59 Å². The van der Waals surface area contributed by atoms with E-state index in [9.17, 15) is 9.59 Å². The molecule has 1 aliphatic heterocycles. The Morgan fingerprint density at radius 1 is 1.18 bits per heavy atom. The predicted octanol–water partition coefficient (Wildman–Crippen LogP) is 4.16. The lowest BCUT2D eigenvalue weighted by atomic mass is 9.98. The summed E-state index contributed by atoms with van der Waals surface area (Å²) in [6.45, 7) is 4.21. The van der Waals surface area contributed by atoms with Crippen molar-refractivity contribution >= 4 is 29.1 Å². The molecule has 2 amide bonds. The topological polar surface area (TPSA) is 71.4 Å². The number of amides is 2. The van der Waals surface area contributed by atoms with Crippen LogP contribution < -0.4 is 4.74 Å². The lowest BCUT2D eigenvalue weighted by Gasteiger charge is -2.28. The normalized spacial score (nSPS) is 15.5. The third-order valence-corrected chi connectivity index (χ3v) is 5.87. The van der Waals surface area contributed by atoms with Crippen molar-refractivity contribution in [2.75, 3.05) is 33.9 Å². The molecule has 0 radical (unpaired) electrons. The molecule has 1 unspecified atom stereocenters. The van der Waals surface area contributed by atoms with Crippen molar-refractivity contribution in [3.8, 4) is 5.75 Å².